The quantitative estimate of drug-likeness (QED) is 0.834. The maximum Gasteiger partial charge on any atom is 0.161 e. The molecule has 1 atom stereocenters. The summed E-state index contributed by atoms with van der Waals surface area (Å²) in [6.07, 6.45) is 0.996. The van der Waals surface area contributed by atoms with Crippen molar-refractivity contribution in [1.29, 1.82) is 0 Å². The van der Waals surface area contributed by atoms with Gasteiger partial charge in [-0.2, -0.15) is 0 Å². The zero-order chi connectivity index (χ0) is 15.0. The minimum absolute atomic E-state index is 0.361. The Bertz CT molecular complexity index is 715. The Labute approximate surface area is 120 Å². The molecule has 0 saturated carbocycles. The molecule has 2 aromatic rings. The lowest BCUT2D eigenvalue weighted by atomic mass is 10.1. The normalized spacial score (nSPS) is 16.9. The second-order valence-electron chi connectivity index (χ2n) is 4.90. The van der Waals surface area contributed by atoms with Gasteiger partial charge in [-0.25, -0.2) is 8.78 Å². The van der Waals surface area contributed by atoms with E-state index in [1.54, 1.807) is 11.0 Å². The summed E-state index contributed by atoms with van der Waals surface area (Å²) in [5.74, 6) is -1.85. The highest BCUT2D eigenvalue weighted by Crippen LogP contribution is 2.35. The first-order valence-electron chi connectivity index (χ1n) is 6.44. The van der Waals surface area contributed by atoms with Crippen molar-refractivity contribution < 1.29 is 8.78 Å². The predicted molar refractivity (Wildman–Crippen MR) is 79.5 cm³/mol. The summed E-state index contributed by atoms with van der Waals surface area (Å²) >= 11 is 0. The predicted octanol–water partition coefficient (Wildman–Crippen LogP) is 2.55. The summed E-state index contributed by atoms with van der Waals surface area (Å²) in [5, 5.41) is 0. The molecule has 1 heterocycles. The Balaban J connectivity index is 1.99. The van der Waals surface area contributed by atoms with Crippen molar-refractivity contribution in [3.8, 4) is 0 Å². The number of hydrogen-bond acceptors (Lipinski definition) is 4. The molecular formula is C15H14F2N4. The van der Waals surface area contributed by atoms with Crippen molar-refractivity contribution in [3.05, 3.63) is 53.6 Å². The molecule has 0 fully saturated rings. The van der Waals surface area contributed by atoms with Gasteiger partial charge in [-0.1, -0.05) is 12.1 Å². The first-order chi connectivity index (χ1) is 10.0. The number of benzene rings is 2. The Morgan fingerprint density at radius 1 is 1.14 bits per heavy atom. The minimum atomic E-state index is -0.926. The molecule has 1 aliphatic rings. The Morgan fingerprint density at radius 2 is 1.90 bits per heavy atom. The van der Waals surface area contributed by atoms with E-state index in [0.717, 1.165) is 17.7 Å². The van der Waals surface area contributed by atoms with E-state index < -0.39 is 17.8 Å². The lowest BCUT2D eigenvalue weighted by Crippen LogP contribution is -2.44. The fourth-order valence-corrected chi connectivity index (χ4v) is 2.34. The fourth-order valence-electron chi connectivity index (χ4n) is 2.34. The molecule has 0 saturated heterocycles. The standard InChI is InChI=1S/C15H14F2N4/c16-11-5-13-14(6-12(11)17)21(15(19)7-20-13)8-9-2-1-3-10(18)4-9/h1-7,15H,8,18-19H2. The molecular weight excluding hydrogens is 274 g/mol. The number of nitrogens with two attached hydrogens (primary N) is 2. The molecule has 2 aromatic carbocycles. The van der Waals surface area contributed by atoms with Crippen LogP contribution < -0.4 is 16.4 Å². The van der Waals surface area contributed by atoms with Crippen LogP contribution in [-0.2, 0) is 6.54 Å². The molecule has 3 rings (SSSR count). The third-order valence-electron chi connectivity index (χ3n) is 3.36. The van der Waals surface area contributed by atoms with Crippen LogP contribution in [0.2, 0.25) is 0 Å². The number of nitrogen functional groups attached to an aromatic ring is 1. The first kappa shape index (κ1) is 13.5. The van der Waals surface area contributed by atoms with Gasteiger partial charge >= 0.3 is 0 Å². The number of halogens is 2. The van der Waals surface area contributed by atoms with Gasteiger partial charge in [-0.05, 0) is 17.7 Å². The third kappa shape index (κ3) is 2.57. The van der Waals surface area contributed by atoms with E-state index in [-0.39, 0.29) is 0 Å². The second kappa shape index (κ2) is 5.14. The molecule has 0 bridgehead atoms. The van der Waals surface area contributed by atoms with E-state index in [9.17, 15) is 8.78 Å². The highest BCUT2D eigenvalue weighted by molar-refractivity contribution is 5.83. The number of aliphatic imine (C=N–C) groups is 1. The molecule has 0 amide bonds. The highest BCUT2D eigenvalue weighted by Gasteiger charge is 2.23. The SMILES string of the molecule is Nc1cccc(CN2c3cc(F)c(F)cc3N=CC2N)c1. The van der Waals surface area contributed by atoms with Gasteiger partial charge in [0.1, 0.15) is 6.17 Å². The van der Waals surface area contributed by atoms with Crippen molar-refractivity contribution in [3.63, 3.8) is 0 Å². The van der Waals surface area contributed by atoms with Crippen LogP contribution in [0.5, 0.6) is 0 Å². The van der Waals surface area contributed by atoms with Crippen LogP contribution in [0, 0.1) is 11.6 Å². The van der Waals surface area contributed by atoms with E-state index in [4.69, 9.17) is 11.5 Å². The molecule has 4 nitrogen and oxygen atoms in total. The van der Waals surface area contributed by atoms with E-state index in [0.29, 0.717) is 23.6 Å². The smallest absolute Gasteiger partial charge is 0.161 e. The Morgan fingerprint density at radius 3 is 2.67 bits per heavy atom. The topological polar surface area (TPSA) is 67.6 Å². The van der Waals surface area contributed by atoms with Gasteiger partial charge in [0.25, 0.3) is 0 Å². The summed E-state index contributed by atoms with van der Waals surface area (Å²) in [4.78, 5) is 5.81. The van der Waals surface area contributed by atoms with Crippen LogP contribution >= 0.6 is 0 Å². The molecule has 0 aromatic heterocycles. The zero-order valence-corrected chi connectivity index (χ0v) is 11.1. The summed E-state index contributed by atoms with van der Waals surface area (Å²) in [6, 6.07) is 9.52. The van der Waals surface area contributed by atoms with Crippen molar-refractivity contribution in [2.45, 2.75) is 12.7 Å². The van der Waals surface area contributed by atoms with Crippen LogP contribution in [0.4, 0.5) is 25.8 Å². The van der Waals surface area contributed by atoms with E-state index in [1.165, 1.54) is 6.21 Å². The second-order valence-corrected chi connectivity index (χ2v) is 4.90. The van der Waals surface area contributed by atoms with Crippen LogP contribution in [0.15, 0.2) is 41.4 Å². The fraction of sp³-hybridized carbons (Fsp3) is 0.133. The monoisotopic (exact) mass is 288 g/mol. The molecule has 108 valence electrons. The molecule has 0 spiro atoms. The average Bonchev–Trinajstić information content (AvgIpc) is 2.44. The van der Waals surface area contributed by atoms with Crippen molar-refractivity contribution >= 4 is 23.3 Å². The maximum absolute atomic E-state index is 13.5. The Kier molecular flexibility index (Phi) is 3.31. The molecule has 4 N–H and O–H groups in total. The van der Waals surface area contributed by atoms with E-state index in [2.05, 4.69) is 4.99 Å². The number of rotatable bonds is 2. The number of fused-ring (bicyclic) bond motifs is 1. The molecule has 6 heteroatoms. The van der Waals surface area contributed by atoms with Gasteiger partial charge in [0.05, 0.1) is 11.4 Å². The number of nitrogens with zero attached hydrogens (tertiary/aromatic N) is 2. The summed E-state index contributed by atoms with van der Waals surface area (Å²) in [7, 11) is 0. The van der Waals surface area contributed by atoms with Crippen LogP contribution in [0.1, 0.15) is 5.56 Å². The first-order valence-corrected chi connectivity index (χ1v) is 6.44. The van der Waals surface area contributed by atoms with E-state index in [1.807, 2.05) is 18.2 Å². The Hall–Kier alpha value is -2.47. The van der Waals surface area contributed by atoms with Gasteiger partial charge in [0.15, 0.2) is 11.6 Å². The average molecular weight is 288 g/mol. The van der Waals surface area contributed by atoms with Crippen molar-refractivity contribution in [1.82, 2.24) is 0 Å². The van der Waals surface area contributed by atoms with Gasteiger partial charge in [0, 0.05) is 30.6 Å². The van der Waals surface area contributed by atoms with Crippen LogP contribution in [0.25, 0.3) is 0 Å². The van der Waals surface area contributed by atoms with Crippen LogP contribution in [-0.4, -0.2) is 12.4 Å². The molecule has 1 aliphatic heterocycles. The van der Waals surface area contributed by atoms with Gasteiger partial charge in [-0.3, -0.25) is 4.99 Å². The van der Waals surface area contributed by atoms with Gasteiger partial charge in [0.2, 0.25) is 0 Å². The summed E-state index contributed by atoms with van der Waals surface area (Å²) in [6.45, 7) is 0.427. The molecule has 1 unspecified atom stereocenters. The lowest BCUT2D eigenvalue weighted by molar-refractivity contribution is 0.508. The third-order valence-corrected chi connectivity index (χ3v) is 3.36. The summed E-state index contributed by atoms with van der Waals surface area (Å²) in [5.41, 5.74) is 14.1. The lowest BCUT2D eigenvalue weighted by Gasteiger charge is -2.32. The largest absolute Gasteiger partial charge is 0.399 e. The van der Waals surface area contributed by atoms with E-state index >= 15 is 0 Å². The molecule has 0 radical (unpaired) electrons. The molecule has 21 heavy (non-hydrogen) atoms. The van der Waals surface area contributed by atoms with Gasteiger partial charge in [-0.15, -0.1) is 0 Å². The minimum Gasteiger partial charge on any atom is -0.399 e. The number of anilines is 2. The van der Waals surface area contributed by atoms with Crippen LogP contribution in [0.3, 0.4) is 0 Å². The molecule has 0 aliphatic carbocycles. The van der Waals surface area contributed by atoms with Gasteiger partial charge < -0.3 is 16.4 Å². The van der Waals surface area contributed by atoms with Crippen molar-refractivity contribution in [2.75, 3.05) is 10.6 Å². The highest BCUT2D eigenvalue weighted by atomic mass is 19.2. The zero-order valence-electron chi connectivity index (χ0n) is 11.1. The number of hydrogen-bond donors (Lipinski definition) is 2. The maximum atomic E-state index is 13.5. The summed E-state index contributed by atoms with van der Waals surface area (Å²) < 4.78 is 26.8. The van der Waals surface area contributed by atoms with Crippen molar-refractivity contribution in [2.24, 2.45) is 10.7 Å².